The first-order chi connectivity index (χ1) is 9.50. The molecule has 1 aromatic carbocycles. The lowest BCUT2D eigenvalue weighted by molar-refractivity contribution is 0.0953. The van der Waals surface area contributed by atoms with Crippen LogP contribution >= 0.6 is 10.7 Å². The Kier molecular flexibility index (Phi) is 5.77. The number of benzene rings is 1. The lowest BCUT2D eigenvalue weighted by Gasteiger charge is -2.08. The van der Waals surface area contributed by atoms with Gasteiger partial charge >= 0.3 is 0 Å². The molecular weight excluding hydrogens is 338 g/mol. The summed E-state index contributed by atoms with van der Waals surface area (Å²) in [6, 6.07) is 4.00. The van der Waals surface area contributed by atoms with E-state index < -0.39 is 24.8 Å². The van der Waals surface area contributed by atoms with Gasteiger partial charge in [-0.05, 0) is 31.0 Å². The Hall–Kier alpha value is -1.12. The monoisotopic (exact) mass is 353 g/mol. The maximum atomic E-state index is 12.0. The van der Waals surface area contributed by atoms with Crippen LogP contribution in [0.5, 0.6) is 0 Å². The second kappa shape index (κ2) is 6.76. The van der Waals surface area contributed by atoms with Gasteiger partial charge in [-0.2, -0.15) is 0 Å². The first-order valence-electron chi connectivity index (χ1n) is 6.02. The predicted molar refractivity (Wildman–Crippen MR) is 80.9 cm³/mol. The summed E-state index contributed by atoms with van der Waals surface area (Å²) < 4.78 is 44.4. The lowest BCUT2D eigenvalue weighted by atomic mass is 10.1. The number of aryl methyl sites for hydroxylation is 1. The highest BCUT2D eigenvalue weighted by Crippen LogP contribution is 2.19. The second-order valence-electron chi connectivity index (χ2n) is 4.65. The zero-order valence-corrected chi connectivity index (χ0v) is 14.0. The minimum absolute atomic E-state index is 0.0254. The van der Waals surface area contributed by atoms with Crippen LogP contribution in [0.2, 0.25) is 0 Å². The third kappa shape index (κ3) is 6.03. The van der Waals surface area contributed by atoms with Crippen LogP contribution in [0.1, 0.15) is 22.3 Å². The molecule has 0 saturated heterocycles. The van der Waals surface area contributed by atoms with Crippen molar-refractivity contribution in [3.05, 3.63) is 29.3 Å². The van der Waals surface area contributed by atoms with Gasteiger partial charge in [0.15, 0.2) is 0 Å². The molecule has 1 amide bonds. The Morgan fingerprint density at radius 1 is 1.24 bits per heavy atom. The molecule has 0 fully saturated rings. The molecule has 0 aliphatic rings. The average Bonchev–Trinajstić information content (AvgIpc) is 2.32. The summed E-state index contributed by atoms with van der Waals surface area (Å²) in [5, 5.41) is 2.55. The van der Waals surface area contributed by atoms with E-state index in [0.29, 0.717) is 5.56 Å². The molecule has 0 aliphatic carbocycles. The Morgan fingerprint density at radius 3 is 2.38 bits per heavy atom. The highest BCUT2D eigenvalue weighted by atomic mass is 35.7. The number of sulfone groups is 1. The summed E-state index contributed by atoms with van der Waals surface area (Å²) in [6.07, 6.45) is 1.41. The Morgan fingerprint density at radius 2 is 1.86 bits per heavy atom. The predicted octanol–water partition coefficient (Wildman–Crippen LogP) is 1.09. The van der Waals surface area contributed by atoms with Gasteiger partial charge in [-0.3, -0.25) is 4.79 Å². The van der Waals surface area contributed by atoms with E-state index in [1.807, 2.05) is 0 Å². The molecular formula is C12H16ClNO5S2. The molecule has 1 N–H and O–H groups in total. The number of rotatable bonds is 6. The number of hydrogen-bond acceptors (Lipinski definition) is 5. The van der Waals surface area contributed by atoms with Crippen LogP contribution in [-0.4, -0.2) is 41.3 Å². The second-order valence-corrected chi connectivity index (χ2v) is 9.48. The van der Waals surface area contributed by atoms with E-state index in [1.165, 1.54) is 18.2 Å². The largest absolute Gasteiger partial charge is 0.352 e. The van der Waals surface area contributed by atoms with Gasteiger partial charge in [0, 0.05) is 29.0 Å². The van der Waals surface area contributed by atoms with Gasteiger partial charge in [0.1, 0.15) is 9.84 Å². The van der Waals surface area contributed by atoms with Gasteiger partial charge in [0.2, 0.25) is 0 Å². The van der Waals surface area contributed by atoms with Crippen molar-refractivity contribution >= 4 is 35.5 Å². The van der Waals surface area contributed by atoms with Gasteiger partial charge in [0.25, 0.3) is 15.0 Å². The van der Waals surface area contributed by atoms with Crippen molar-refractivity contribution in [3.63, 3.8) is 0 Å². The third-order valence-electron chi connectivity index (χ3n) is 2.71. The van der Waals surface area contributed by atoms with Crippen molar-refractivity contribution in [1.29, 1.82) is 0 Å². The zero-order chi connectivity index (χ0) is 16.3. The summed E-state index contributed by atoms with van der Waals surface area (Å²) in [6.45, 7) is 1.85. The molecule has 9 heteroatoms. The number of carbonyl (C=O) groups is 1. The summed E-state index contributed by atoms with van der Waals surface area (Å²) in [5.74, 6) is -0.495. The summed E-state index contributed by atoms with van der Waals surface area (Å²) in [7, 11) is -1.74. The Balaban J connectivity index is 2.79. The molecule has 0 bridgehead atoms. The molecule has 118 valence electrons. The Labute approximate surface area is 128 Å². The molecule has 0 heterocycles. The normalized spacial score (nSPS) is 12.1. The fourth-order valence-electron chi connectivity index (χ4n) is 1.63. The molecule has 0 spiro atoms. The maximum absolute atomic E-state index is 12.0. The summed E-state index contributed by atoms with van der Waals surface area (Å²) in [5.41, 5.74) is 0.788. The molecule has 0 aromatic heterocycles. The van der Waals surface area contributed by atoms with E-state index in [4.69, 9.17) is 10.7 Å². The first kappa shape index (κ1) is 17.9. The van der Waals surface area contributed by atoms with Crippen molar-refractivity contribution in [2.24, 2.45) is 0 Å². The highest BCUT2D eigenvalue weighted by Gasteiger charge is 2.15. The van der Waals surface area contributed by atoms with Crippen LogP contribution in [0, 0.1) is 6.92 Å². The van der Waals surface area contributed by atoms with E-state index in [-0.39, 0.29) is 29.2 Å². The van der Waals surface area contributed by atoms with Crippen molar-refractivity contribution < 1.29 is 21.6 Å². The fraction of sp³-hybridized carbons (Fsp3) is 0.417. The topological polar surface area (TPSA) is 97.4 Å². The molecule has 0 aliphatic heterocycles. The van der Waals surface area contributed by atoms with Gasteiger partial charge < -0.3 is 5.32 Å². The first-order valence-corrected chi connectivity index (χ1v) is 10.4. The van der Waals surface area contributed by atoms with Crippen LogP contribution in [0.4, 0.5) is 0 Å². The SMILES string of the molecule is Cc1ccc(S(=O)(=O)Cl)cc1C(=O)NCCCS(C)(=O)=O. The average molecular weight is 354 g/mol. The van der Waals surface area contributed by atoms with E-state index >= 15 is 0 Å². The number of hydrogen-bond donors (Lipinski definition) is 1. The standard InChI is InChI=1S/C12H16ClNO5S2/c1-9-4-5-10(21(13,18)19)8-11(9)12(15)14-6-3-7-20(2,16)17/h4-5,8H,3,6-7H2,1-2H3,(H,14,15). The maximum Gasteiger partial charge on any atom is 0.261 e. The summed E-state index contributed by atoms with van der Waals surface area (Å²) in [4.78, 5) is 11.8. The number of halogens is 1. The zero-order valence-electron chi connectivity index (χ0n) is 11.6. The van der Waals surface area contributed by atoms with Crippen molar-refractivity contribution in [2.45, 2.75) is 18.2 Å². The van der Waals surface area contributed by atoms with Crippen LogP contribution < -0.4 is 5.32 Å². The molecule has 1 aromatic rings. The van der Waals surface area contributed by atoms with E-state index in [0.717, 1.165) is 6.26 Å². The number of amides is 1. The molecule has 0 atom stereocenters. The van der Waals surface area contributed by atoms with Crippen molar-refractivity contribution in [2.75, 3.05) is 18.6 Å². The third-order valence-corrected chi connectivity index (χ3v) is 5.09. The van der Waals surface area contributed by atoms with Gasteiger partial charge in [-0.15, -0.1) is 0 Å². The molecule has 1 rings (SSSR count). The Bertz CT molecular complexity index is 741. The minimum atomic E-state index is -3.91. The quantitative estimate of drug-likeness (QED) is 0.609. The lowest BCUT2D eigenvalue weighted by Crippen LogP contribution is -2.26. The van der Waals surface area contributed by atoms with E-state index in [9.17, 15) is 21.6 Å². The smallest absolute Gasteiger partial charge is 0.261 e. The van der Waals surface area contributed by atoms with Gasteiger partial charge in [0.05, 0.1) is 10.6 Å². The molecule has 21 heavy (non-hydrogen) atoms. The number of nitrogens with one attached hydrogen (secondary N) is 1. The van der Waals surface area contributed by atoms with E-state index in [2.05, 4.69) is 5.32 Å². The number of carbonyl (C=O) groups excluding carboxylic acids is 1. The van der Waals surface area contributed by atoms with Crippen LogP contribution in [0.15, 0.2) is 23.1 Å². The van der Waals surface area contributed by atoms with Crippen molar-refractivity contribution in [1.82, 2.24) is 5.32 Å². The van der Waals surface area contributed by atoms with Crippen molar-refractivity contribution in [3.8, 4) is 0 Å². The molecule has 0 radical (unpaired) electrons. The van der Waals surface area contributed by atoms with Crippen LogP contribution in [0.25, 0.3) is 0 Å². The van der Waals surface area contributed by atoms with E-state index in [1.54, 1.807) is 6.92 Å². The van der Waals surface area contributed by atoms with Crippen LogP contribution in [-0.2, 0) is 18.9 Å². The molecule has 0 saturated carbocycles. The van der Waals surface area contributed by atoms with Gasteiger partial charge in [-0.25, -0.2) is 16.8 Å². The molecule has 0 unspecified atom stereocenters. The fourth-order valence-corrected chi connectivity index (χ4v) is 3.07. The molecule has 6 nitrogen and oxygen atoms in total. The highest BCUT2D eigenvalue weighted by molar-refractivity contribution is 8.13. The van der Waals surface area contributed by atoms with Crippen LogP contribution in [0.3, 0.4) is 0 Å². The van der Waals surface area contributed by atoms with Gasteiger partial charge in [-0.1, -0.05) is 6.07 Å². The minimum Gasteiger partial charge on any atom is -0.352 e. The summed E-state index contributed by atoms with van der Waals surface area (Å²) >= 11 is 0.